The Bertz CT molecular complexity index is 805. The van der Waals surface area contributed by atoms with Gasteiger partial charge >= 0.3 is 11.9 Å². The highest BCUT2D eigenvalue weighted by Gasteiger charge is 2.30. The normalized spacial score (nSPS) is 14.5. The quantitative estimate of drug-likeness (QED) is 0.121. The molecule has 4 unspecified atom stereocenters. The van der Waals surface area contributed by atoms with Gasteiger partial charge in [-0.15, -0.1) is 0 Å². The monoisotopic (exact) mass is 474 g/mol. The van der Waals surface area contributed by atoms with E-state index >= 15 is 0 Å². The van der Waals surface area contributed by atoms with Crippen molar-refractivity contribution in [1.29, 1.82) is 0 Å². The molecule has 0 saturated carbocycles. The number of nitrogens with two attached hydrogens (primary N) is 1. The molecule has 178 valence electrons. The molecular formula is C17H26N6O8S. The molecule has 0 radical (unpaired) electrons. The maximum Gasteiger partial charge on any atom is 0.326 e. The van der Waals surface area contributed by atoms with Gasteiger partial charge in [-0.2, -0.15) is 12.6 Å². The van der Waals surface area contributed by atoms with E-state index in [1.807, 2.05) is 0 Å². The summed E-state index contributed by atoms with van der Waals surface area (Å²) in [7, 11) is 0. The summed E-state index contributed by atoms with van der Waals surface area (Å²) in [5, 5.41) is 34.0. The molecule has 0 saturated heterocycles. The Morgan fingerprint density at radius 1 is 1.03 bits per heavy atom. The van der Waals surface area contributed by atoms with E-state index in [2.05, 4.69) is 38.5 Å². The van der Waals surface area contributed by atoms with Crippen LogP contribution in [-0.4, -0.2) is 91.5 Å². The predicted octanol–water partition coefficient (Wildman–Crippen LogP) is -3.39. The molecule has 1 aromatic heterocycles. The first-order valence-electron chi connectivity index (χ1n) is 9.39. The third kappa shape index (κ3) is 8.91. The summed E-state index contributed by atoms with van der Waals surface area (Å²) in [6, 6.07) is -5.32. The number of nitrogens with zero attached hydrogens (tertiary/aromatic N) is 1. The van der Waals surface area contributed by atoms with Crippen molar-refractivity contribution in [3.8, 4) is 0 Å². The molecule has 0 aliphatic rings. The number of thiol groups is 1. The van der Waals surface area contributed by atoms with Gasteiger partial charge in [-0.25, -0.2) is 9.78 Å². The zero-order valence-electron chi connectivity index (χ0n) is 16.9. The van der Waals surface area contributed by atoms with Crippen molar-refractivity contribution < 1.29 is 39.3 Å². The van der Waals surface area contributed by atoms with Crippen molar-refractivity contribution in [2.45, 2.75) is 43.4 Å². The molecule has 14 nitrogen and oxygen atoms in total. The Balaban J connectivity index is 2.90. The highest BCUT2D eigenvalue weighted by molar-refractivity contribution is 7.80. The molecule has 1 aromatic rings. The average Bonchev–Trinajstić information content (AvgIpc) is 3.26. The Labute approximate surface area is 187 Å². The van der Waals surface area contributed by atoms with Crippen LogP contribution in [-0.2, 0) is 30.4 Å². The summed E-state index contributed by atoms with van der Waals surface area (Å²) in [5.74, 6) is -5.42. The van der Waals surface area contributed by atoms with E-state index in [0.29, 0.717) is 5.69 Å². The Kier molecular flexibility index (Phi) is 11.2. The van der Waals surface area contributed by atoms with Gasteiger partial charge in [-0.1, -0.05) is 0 Å². The summed E-state index contributed by atoms with van der Waals surface area (Å²) in [5.41, 5.74) is 5.81. The number of imidazole rings is 1. The van der Waals surface area contributed by atoms with Crippen molar-refractivity contribution in [3.63, 3.8) is 0 Å². The molecule has 15 heteroatoms. The summed E-state index contributed by atoms with van der Waals surface area (Å²) in [6.07, 6.45) is 1.75. The van der Waals surface area contributed by atoms with Gasteiger partial charge < -0.3 is 42.0 Å². The van der Waals surface area contributed by atoms with Crippen molar-refractivity contribution in [2.24, 2.45) is 5.73 Å². The first kappa shape index (κ1) is 26.9. The van der Waals surface area contributed by atoms with E-state index in [4.69, 9.17) is 15.9 Å². The number of rotatable bonds is 14. The van der Waals surface area contributed by atoms with Gasteiger partial charge in [0.25, 0.3) is 0 Å². The molecule has 0 aliphatic heterocycles. The number of amides is 3. The third-order valence-electron chi connectivity index (χ3n) is 4.22. The summed E-state index contributed by atoms with van der Waals surface area (Å²) < 4.78 is 0. The fourth-order valence-corrected chi connectivity index (χ4v) is 2.71. The second-order valence-corrected chi connectivity index (χ2v) is 7.07. The van der Waals surface area contributed by atoms with Crippen LogP contribution in [0, 0.1) is 0 Å². The van der Waals surface area contributed by atoms with Crippen LogP contribution in [0.15, 0.2) is 12.5 Å². The third-order valence-corrected chi connectivity index (χ3v) is 4.59. The largest absolute Gasteiger partial charge is 0.481 e. The second-order valence-electron chi connectivity index (χ2n) is 6.71. The van der Waals surface area contributed by atoms with Crippen LogP contribution < -0.4 is 21.7 Å². The summed E-state index contributed by atoms with van der Waals surface area (Å²) >= 11 is 3.96. The number of carbonyl (C=O) groups is 5. The molecule has 0 aromatic carbocycles. The van der Waals surface area contributed by atoms with Crippen LogP contribution in [0.5, 0.6) is 0 Å². The van der Waals surface area contributed by atoms with Crippen LogP contribution in [0.25, 0.3) is 0 Å². The minimum Gasteiger partial charge on any atom is -0.481 e. The number of carboxylic acid groups (broad SMARTS) is 2. The number of aromatic nitrogens is 2. The van der Waals surface area contributed by atoms with Crippen molar-refractivity contribution in [1.82, 2.24) is 25.9 Å². The van der Waals surface area contributed by atoms with Crippen molar-refractivity contribution in [2.75, 3.05) is 12.4 Å². The predicted molar refractivity (Wildman–Crippen MR) is 112 cm³/mol. The smallest absolute Gasteiger partial charge is 0.326 e. The van der Waals surface area contributed by atoms with E-state index in [-0.39, 0.29) is 18.6 Å². The van der Waals surface area contributed by atoms with Gasteiger partial charge in [-0.05, 0) is 6.42 Å². The Morgan fingerprint density at radius 2 is 1.62 bits per heavy atom. The molecule has 9 N–H and O–H groups in total. The molecule has 1 heterocycles. The number of aliphatic hydroxyl groups excluding tert-OH is 1. The first-order chi connectivity index (χ1) is 15.1. The summed E-state index contributed by atoms with van der Waals surface area (Å²) in [6.45, 7) is -0.663. The van der Waals surface area contributed by atoms with Crippen LogP contribution in [0.4, 0.5) is 0 Å². The van der Waals surface area contributed by atoms with Gasteiger partial charge in [0.05, 0.1) is 12.9 Å². The number of aliphatic hydroxyl groups is 1. The average molecular weight is 474 g/mol. The van der Waals surface area contributed by atoms with Crippen LogP contribution >= 0.6 is 12.6 Å². The first-order valence-corrected chi connectivity index (χ1v) is 10.0. The van der Waals surface area contributed by atoms with E-state index in [1.165, 1.54) is 12.5 Å². The van der Waals surface area contributed by atoms with E-state index in [1.54, 1.807) is 0 Å². The Morgan fingerprint density at radius 3 is 2.12 bits per heavy atom. The lowest BCUT2D eigenvalue weighted by Crippen LogP contribution is -2.58. The molecule has 0 spiro atoms. The Hall–Kier alpha value is -3.17. The van der Waals surface area contributed by atoms with Crippen molar-refractivity contribution >= 4 is 42.3 Å². The molecule has 0 fully saturated rings. The number of nitrogens with one attached hydrogen (secondary N) is 4. The lowest BCUT2D eigenvalue weighted by atomic mass is 10.1. The fourth-order valence-electron chi connectivity index (χ4n) is 2.45. The molecule has 0 aliphatic carbocycles. The molecule has 4 atom stereocenters. The number of carboxylic acids is 2. The minimum atomic E-state index is -1.41. The topological polar surface area (TPSA) is 237 Å². The standard InChI is InChI=1S/C17H26N6O8S/c18-9(5-24)14(27)23-12(6-32)16(29)21-10(1-2-13(25)26)15(28)22-11(17(30)31)3-8-4-19-7-20-8/h4,7,9-12,24,32H,1-3,5-6,18H2,(H,19,20)(H,21,29)(H,22,28)(H,23,27)(H,25,26)(H,30,31). The van der Waals surface area contributed by atoms with Crippen LogP contribution in [0.1, 0.15) is 18.5 Å². The van der Waals surface area contributed by atoms with Gasteiger partial charge in [0, 0.05) is 30.5 Å². The van der Waals surface area contributed by atoms with E-state index < -0.39 is 66.9 Å². The van der Waals surface area contributed by atoms with Crippen LogP contribution in [0.3, 0.4) is 0 Å². The molecule has 0 bridgehead atoms. The number of hydrogen-bond acceptors (Lipinski definition) is 9. The van der Waals surface area contributed by atoms with Gasteiger partial charge in [0.2, 0.25) is 17.7 Å². The SMILES string of the molecule is NC(CO)C(=O)NC(CS)C(=O)NC(CCC(=O)O)C(=O)NC(Cc1cnc[nH]1)C(=O)O. The maximum absolute atomic E-state index is 12.7. The second kappa shape index (κ2) is 13.3. The van der Waals surface area contributed by atoms with E-state index in [9.17, 15) is 29.1 Å². The lowest BCUT2D eigenvalue weighted by molar-refractivity contribution is -0.143. The number of H-pyrrole nitrogens is 1. The van der Waals surface area contributed by atoms with Gasteiger partial charge in [0.15, 0.2) is 0 Å². The van der Waals surface area contributed by atoms with Gasteiger partial charge in [-0.3, -0.25) is 19.2 Å². The van der Waals surface area contributed by atoms with Gasteiger partial charge in [0.1, 0.15) is 24.2 Å². The minimum absolute atomic E-state index is 0.130. The molecule has 3 amide bonds. The molecular weight excluding hydrogens is 448 g/mol. The van der Waals surface area contributed by atoms with Crippen LogP contribution in [0.2, 0.25) is 0 Å². The lowest BCUT2D eigenvalue weighted by Gasteiger charge is -2.24. The number of hydrogen-bond donors (Lipinski definition) is 9. The molecule has 32 heavy (non-hydrogen) atoms. The number of aliphatic carboxylic acids is 2. The highest BCUT2D eigenvalue weighted by atomic mass is 32.1. The van der Waals surface area contributed by atoms with Crippen molar-refractivity contribution in [3.05, 3.63) is 18.2 Å². The highest BCUT2D eigenvalue weighted by Crippen LogP contribution is 2.04. The maximum atomic E-state index is 12.7. The number of carbonyl (C=O) groups excluding carboxylic acids is 3. The zero-order valence-corrected chi connectivity index (χ0v) is 17.7. The number of aromatic amines is 1. The fraction of sp³-hybridized carbons (Fsp3) is 0.529. The van der Waals surface area contributed by atoms with E-state index in [0.717, 1.165) is 0 Å². The molecule has 1 rings (SSSR count). The summed E-state index contributed by atoms with van der Waals surface area (Å²) in [4.78, 5) is 65.9. The zero-order chi connectivity index (χ0) is 24.3.